The van der Waals surface area contributed by atoms with Crippen molar-refractivity contribution >= 4 is 23.6 Å². The first-order chi connectivity index (χ1) is 14.8. The second-order valence-electron chi connectivity index (χ2n) is 6.56. The van der Waals surface area contributed by atoms with Gasteiger partial charge < -0.3 is 9.73 Å². The van der Waals surface area contributed by atoms with Crippen LogP contribution in [0, 0.1) is 11.3 Å². The van der Waals surface area contributed by atoms with Crippen LogP contribution in [0.4, 0.5) is 13.2 Å². The van der Waals surface area contributed by atoms with Crippen LogP contribution in [0.5, 0.6) is 0 Å². The van der Waals surface area contributed by atoms with Crippen LogP contribution in [-0.2, 0) is 17.4 Å². The first kappa shape index (κ1) is 22.2. The first-order valence-electron chi connectivity index (χ1n) is 9.19. The van der Waals surface area contributed by atoms with Gasteiger partial charge >= 0.3 is 6.18 Å². The van der Waals surface area contributed by atoms with Crippen molar-refractivity contribution in [3.8, 4) is 17.4 Å². The van der Waals surface area contributed by atoms with Gasteiger partial charge in [0, 0.05) is 18.2 Å². The Morgan fingerprint density at radius 3 is 2.55 bits per heavy atom. The van der Waals surface area contributed by atoms with E-state index in [0.29, 0.717) is 13.0 Å². The van der Waals surface area contributed by atoms with Crippen molar-refractivity contribution in [1.82, 2.24) is 5.32 Å². The second-order valence-corrected chi connectivity index (χ2v) is 6.96. The zero-order chi connectivity index (χ0) is 22.4. The molecule has 31 heavy (non-hydrogen) atoms. The molecule has 1 aromatic heterocycles. The van der Waals surface area contributed by atoms with Crippen molar-refractivity contribution in [1.29, 1.82) is 5.26 Å². The number of furan rings is 1. The van der Waals surface area contributed by atoms with Crippen LogP contribution in [-0.4, -0.2) is 12.5 Å². The molecule has 0 fully saturated rings. The Bertz CT molecular complexity index is 1150. The highest BCUT2D eigenvalue weighted by Crippen LogP contribution is 2.36. The van der Waals surface area contributed by atoms with E-state index in [1.807, 2.05) is 30.3 Å². The third-order valence-corrected chi connectivity index (χ3v) is 4.71. The number of amides is 1. The van der Waals surface area contributed by atoms with E-state index in [0.717, 1.165) is 23.8 Å². The van der Waals surface area contributed by atoms with E-state index in [4.69, 9.17) is 16.0 Å². The summed E-state index contributed by atoms with van der Waals surface area (Å²) in [5.74, 6) is -0.351. The molecular formula is C23H16ClF3N2O2. The zero-order valence-corrected chi connectivity index (χ0v) is 16.8. The Morgan fingerprint density at radius 2 is 1.87 bits per heavy atom. The number of benzene rings is 2. The number of nitrogens with zero attached hydrogens (tertiary/aromatic N) is 1. The van der Waals surface area contributed by atoms with E-state index in [1.54, 1.807) is 6.07 Å². The minimum atomic E-state index is -4.53. The minimum absolute atomic E-state index is 0.0574. The average Bonchev–Trinajstić information content (AvgIpc) is 3.20. The highest BCUT2D eigenvalue weighted by Gasteiger charge is 2.31. The lowest BCUT2D eigenvalue weighted by molar-refractivity contribution is -0.137. The van der Waals surface area contributed by atoms with Crippen molar-refractivity contribution in [3.05, 3.63) is 88.1 Å². The van der Waals surface area contributed by atoms with E-state index in [-0.39, 0.29) is 27.7 Å². The molecule has 8 heteroatoms. The molecule has 1 amide bonds. The maximum absolute atomic E-state index is 13.0. The lowest BCUT2D eigenvalue weighted by Gasteiger charge is -2.09. The summed E-state index contributed by atoms with van der Waals surface area (Å²) in [4.78, 5) is 12.3. The van der Waals surface area contributed by atoms with E-state index in [1.165, 1.54) is 18.2 Å². The van der Waals surface area contributed by atoms with Gasteiger partial charge in [-0.2, -0.15) is 18.4 Å². The van der Waals surface area contributed by atoms with Crippen molar-refractivity contribution in [2.75, 3.05) is 6.54 Å². The number of carbonyl (C=O) groups is 1. The second kappa shape index (κ2) is 9.54. The molecule has 1 heterocycles. The lowest BCUT2D eigenvalue weighted by atomic mass is 10.1. The Balaban J connectivity index is 1.73. The third-order valence-electron chi connectivity index (χ3n) is 4.38. The molecule has 0 spiro atoms. The van der Waals surface area contributed by atoms with Gasteiger partial charge in [-0.3, -0.25) is 4.79 Å². The SMILES string of the molecule is N#C/C(=C/c1ccc(-c2cc(C(F)(F)F)ccc2Cl)o1)C(=O)NCCc1ccccc1. The van der Waals surface area contributed by atoms with Gasteiger partial charge in [0.05, 0.1) is 10.6 Å². The quantitative estimate of drug-likeness (QED) is 0.381. The predicted octanol–water partition coefficient (Wildman–Crippen LogP) is 5.88. The van der Waals surface area contributed by atoms with Crippen LogP contribution < -0.4 is 5.32 Å². The molecule has 0 radical (unpaired) electrons. The molecule has 158 valence electrons. The molecule has 1 N–H and O–H groups in total. The van der Waals surface area contributed by atoms with Gasteiger partial charge in [-0.1, -0.05) is 41.9 Å². The van der Waals surface area contributed by atoms with Crippen molar-refractivity contribution < 1.29 is 22.4 Å². The Hall–Kier alpha value is -3.50. The highest BCUT2D eigenvalue weighted by atomic mass is 35.5. The molecule has 0 bridgehead atoms. The summed E-state index contributed by atoms with van der Waals surface area (Å²) < 4.78 is 44.4. The fraction of sp³-hybridized carbons (Fsp3) is 0.130. The number of hydrogen-bond donors (Lipinski definition) is 1. The summed E-state index contributed by atoms with van der Waals surface area (Å²) in [5.41, 5.74) is 0.0425. The summed E-state index contributed by atoms with van der Waals surface area (Å²) in [6, 6.07) is 17.1. The fourth-order valence-corrected chi connectivity index (χ4v) is 3.03. The Labute approximate surface area is 181 Å². The van der Waals surface area contributed by atoms with Crippen LogP contribution in [0.1, 0.15) is 16.9 Å². The van der Waals surface area contributed by atoms with E-state index in [9.17, 15) is 23.2 Å². The van der Waals surface area contributed by atoms with Crippen LogP contribution in [0.15, 0.2) is 70.7 Å². The topological polar surface area (TPSA) is 66.0 Å². The Morgan fingerprint density at radius 1 is 1.13 bits per heavy atom. The normalized spacial score (nSPS) is 11.8. The standard InChI is InChI=1S/C23H16ClF3N2O2/c24-20-8-6-17(23(25,26)27)13-19(20)21-9-7-18(31-21)12-16(14-28)22(30)29-11-10-15-4-2-1-3-5-15/h1-9,12-13H,10-11H2,(H,29,30)/b16-12-. The van der Waals surface area contributed by atoms with Crippen molar-refractivity contribution in [2.45, 2.75) is 12.6 Å². The van der Waals surface area contributed by atoms with Crippen LogP contribution in [0.25, 0.3) is 17.4 Å². The summed E-state index contributed by atoms with van der Waals surface area (Å²) in [6.07, 6.45) is -2.70. The van der Waals surface area contributed by atoms with Gasteiger partial charge in [0.2, 0.25) is 0 Å². The van der Waals surface area contributed by atoms with Gasteiger partial charge in [-0.05, 0) is 42.3 Å². The van der Waals surface area contributed by atoms with Crippen LogP contribution in [0.3, 0.4) is 0 Å². The number of alkyl halides is 3. The summed E-state index contributed by atoms with van der Waals surface area (Å²) in [7, 11) is 0. The summed E-state index contributed by atoms with van der Waals surface area (Å²) in [5, 5.41) is 12.0. The summed E-state index contributed by atoms with van der Waals surface area (Å²) >= 11 is 6.02. The molecule has 3 rings (SSSR count). The number of nitriles is 1. The molecular weight excluding hydrogens is 429 g/mol. The maximum Gasteiger partial charge on any atom is 0.416 e. The number of hydrogen-bond acceptors (Lipinski definition) is 3. The molecule has 3 aromatic rings. The van der Waals surface area contributed by atoms with Gasteiger partial charge in [0.1, 0.15) is 23.2 Å². The smallest absolute Gasteiger partial charge is 0.416 e. The predicted molar refractivity (Wildman–Crippen MR) is 111 cm³/mol. The number of nitrogens with one attached hydrogen (secondary N) is 1. The first-order valence-corrected chi connectivity index (χ1v) is 9.56. The van der Waals surface area contributed by atoms with Gasteiger partial charge in [0.15, 0.2) is 0 Å². The molecule has 0 aliphatic carbocycles. The minimum Gasteiger partial charge on any atom is -0.457 e. The molecule has 0 aliphatic heterocycles. The van der Waals surface area contributed by atoms with Crippen LogP contribution in [0.2, 0.25) is 5.02 Å². The maximum atomic E-state index is 13.0. The number of rotatable bonds is 6. The molecule has 0 aliphatic rings. The van der Waals surface area contributed by atoms with Gasteiger partial charge in [0.25, 0.3) is 5.91 Å². The highest BCUT2D eigenvalue weighted by molar-refractivity contribution is 6.33. The van der Waals surface area contributed by atoms with E-state index < -0.39 is 17.6 Å². The zero-order valence-electron chi connectivity index (χ0n) is 16.0. The largest absolute Gasteiger partial charge is 0.457 e. The fourth-order valence-electron chi connectivity index (χ4n) is 2.82. The van der Waals surface area contributed by atoms with Crippen molar-refractivity contribution in [2.24, 2.45) is 0 Å². The molecule has 0 atom stereocenters. The van der Waals surface area contributed by atoms with E-state index >= 15 is 0 Å². The number of carbonyl (C=O) groups excluding carboxylic acids is 1. The van der Waals surface area contributed by atoms with Gasteiger partial charge in [-0.25, -0.2) is 0 Å². The Kier molecular flexibility index (Phi) is 6.83. The van der Waals surface area contributed by atoms with Gasteiger partial charge in [-0.15, -0.1) is 0 Å². The number of halogens is 4. The van der Waals surface area contributed by atoms with Crippen molar-refractivity contribution in [3.63, 3.8) is 0 Å². The molecule has 0 saturated heterocycles. The third kappa shape index (κ3) is 5.77. The lowest BCUT2D eigenvalue weighted by Crippen LogP contribution is -2.26. The molecule has 4 nitrogen and oxygen atoms in total. The molecule has 0 saturated carbocycles. The monoisotopic (exact) mass is 444 g/mol. The molecule has 2 aromatic carbocycles. The summed E-state index contributed by atoms with van der Waals surface area (Å²) in [6.45, 7) is 0.338. The average molecular weight is 445 g/mol. The molecule has 0 unspecified atom stereocenters. The van der Waals surface area contributed by atoms with E-state index in [2.05, 4.69) is 5.32 Å². The van der Waals surface area contributed by atoms with Crippen LogP contribution >= 0.6 is 11.6 Å².